The number of rotatable bonds is 4. The van der Waals surface area contributed by atoms with Crippen molar-refractivity contribution in [2.24, 2.45) is 5.92 Å². The van der Waals surface area contributed by atoms with Crippen molar-refractivity contribution in [1.82, 2.24) is 9.88 Å². The van der Waals surface area contributed by atoms with Crippen molar-refractivity contribution in [2.75, 3.05) is 13.7 Å². The molecule has 2 rings (SSSR count). The number of hydrogen-bond donors (Lipinski definition) is 1. The van der Waals surface area contributed by atoms with E-state index in [2.05, 4.69) is 16.8 Å². The quantitative estimate of drug-likeness (QED) is 0.923. The zero-order chi connectivity index (χ0) is 15.6. The summed E-state index contributed by atoms with van der Waals surface area (Å²) in [6.45, 7) is 7.66. The third kappa shape index (κ3) is 3.35. The van der Waals surface area contributed by atoms with E-state index in [9.17, 15) is 4.79 Å². The van der Waals surface area contributed by atoms with Gasteiger partial charge in [0.25, 0.3) is 0 Å². The van der Waals surface area contributed by atoms with E-state index in [0.717, 1.165) is 35.7 Å². The molecule has 2 heterocycles. The molecule has 1 saturated heterocycles. The van der Waals surface area contributed by atoms with Crippen LogP contribution in [0.5, 0.6) is 5.75 Å². The maximum absolute atomic E-state index is 11.1. The molecule has 5 nitrogen and oxygen atoms in total. The number of likely N-dealkylation sites (tertiary alicyclic amines) is 1. The fourth-order valence-corrected chi connectivity index (χ4v) is 3.10. The molecule has 1 fully saturated rings. The number of carbonyl (C=O) groups is 1. The summed E-state index contributed by atoms with van der Waals surface area (Å²) in [5.74, 6) is 0.0127. The Balaban J connectivity index is 2.11. The Labute approximate surface area is 125 Å². The molecule has 0 amide bonds. The van der Waals surface area contributed by atoms with E-state index in [-0.39, 0.29) is 12.0 Å². The minimum Gasteiger partial charge on any atom is -0.496 e. The van der Waals surface area contributed by atoms with E-state index in [1.54, 1.807) is 7.11 Å². The monoisotopic (exact) mass is 292 g/mol. The van der Waals surface area contributed by atoms with Crippen molar-refractivity contribution in [3.8, 4) is 5.75 Å². The van der Waals surface area contributed by atoms with Crippen LogP contribution in [-0.4, -0.2) is 40.7 Å². The molecule has 0 spiro atoms. The number of aliphatic carboxylic acids is 1. The van der Waals surface area contributed by atoms with Crippen LogP contribution in [0.1, 0.15) is 36.6 Å². The van der Waals surface area contributed by atoms with Crippen molar-refractivity contribution in [3.05, 3.63) is 23.0 Å². The number of carboxylic acid groups (broad SMARTS) is 1. The van der Waals surface area contributed by atoms with Gasteiger partial charge in [-0.05, 0) is 40.2 Å². The molecular weight excluding hydrogens is 268 g/mol. The van der Waals surface area contributed by atoms with Gasteiger partial charge in [0.2, 0.25) is 0 Å². The predicted octanol–water partition coefficient (Wildman–Crippen LogP) is 2.39. The average Bonchev–Trinajstić information content (AvgIpc) is 2.44. The number of ether oxygens (including phenoxy) is 1. The molecule has 5 heteroatoms. The number of nitrogens with zero attached hydrogens (tertiary/aromatic N) is 2. The van der Waals surface area contributed by atoms with Gasteiger partial charge in [-0.1, -0.05) is 0 Å². The maximum Gasteiger partial charge on any atom is 0.306 e. The number of hydrogen-bond acceptors (Lipinski definition) is 4. The van der Waals surface area contributed by atoms with Gasteiger partial charge in [0, 0.05) is 29.9 Å². The minimum absolute atomic E-state index is 0.210. The molecule has 116 valence electrons. The van der Waals surface area contributed by atoms with Gasteiger partial charge in [-0.15, -0.1) is 0 Å². The van der Waals surface area contributed by atoms with Crippen LogP contribution in [0.2, 0.25) is 0 Å². The highest BCUT2D eigenvalue weighted by Crippen LogP contribution is 2.28. The maximum atomic E-state index is 11.1. The Morgan fingerprint density at radius 1 is 1.52 bits per heavy atom. The van der Waals surface area contributed by atoms with Crippen molar-refractivity contribution >= 4 is 5.97 Å². The predicted molar refractivity (Wildman–Crippen MR) is 80.5 cm³/mol. The average molecular weight is 292 g/mol. The fraction of sp³-hybridized carbons (Fsp3) is 0.625. The van der Waals surface area contributed by atoms with E-state index < -0.39 is 5.97 Å². The molecule has 1 aliphatic rings. The van der Waals surface area contributed by atoms with Crippen LogP contribution in [-0.2, 0) is 11.3 Å². The van der Waals surface area contributed by atoms with Crippen molar-refractivity contribution in [2.45, 2.75) is 46.2 Å². The van der Waals surface area contributed by atoms with Crippen molar-refractivity contribution in [3.63, 3.8) is 0 Å². The van der Waals surface area contributed by atoms with Gasteiger partial charge in [0.1, 0.15) is 5.75 Å². The van der Waals surface area contributed by atoms with Gasteiger partial charge in [0.05, 0.1) is 18.7 Å². The van der Waals surface area contributed by atoms with Crippen molar-refractivity contribution < 1.29 is 14.6 Å². The van der Waals surface area contributed by atoms with Crippen LogP contribution in [0, 0.1) is 19.8 Å². The standard InChI is InChI=1S/C16H24N2O3/c1-10-8-17-14(12(3)15(10)21-4)9-18-6-5-13(16(19)20)7-11(18)2/h8,11,13H,5-7,9H2,1-4H3,(H,19,20). The first-order valence-electron chi connectivity index (χ1n) is 7.40. The van der Waals surface area contributed by atoms with Gasteiger partial charge in [-0.25, -0.2) is 0 Å². The highest BCUT2D eigenvalue weighted by atomic mass is 16.5. The van der Waals surface area contributed by atoms with Crippen LogP contribution >= 0.6 is 0 Å². The fourth-order valence-electron chi connectivity index (χ4n) is 3.10. The topological polar surface area (TPSA) is 62.7 Å². The van der Waals surface area contributed by atoms with Crippen LogP contribution in [0.15, 0.2) is 6.20 Å². The van der Waals surface area contributed by atoms with Gasteiger partial charge in [-0.3, -0.25) is 14.7 Å². The Kier molecular flexibility index (Phi) is 4.83. The number of carboxylic acids is 1. The molecule has 0 aromatic carbocycles. The molecule has 2 unspecified atom stereocenters. The second-order valence-electron chi connectivity index (χ2n) is 5.93. The SMILES string of the molecule is COc1c(C)cnc(CN2CCC(C(=O)O)CC2C)c1C. The third-order valence-corrected chi connectivity index (χ3v) is 4.47. The van der Waals surface area contributed by atoms with Crippen LogP contribution in [0.3, 0.4) is 0 Å². The molecule has 2 atom stereocenters. The number of aromatic nitrogens is 1. The van der Waals surface area contributed by atoms with Crippen LogP contribution in [0.4, 0.5) is 0 Å². The zero-order valence-corrected chi connectivity index (χ0v) is 13.2. The summed E-state index contributed by atoms with van der Waals surface area (Å²) in [7, 11) is 1.68. The largest absolute Gasteiger partial charge is 0.496 e. The first-order chi connectivity index (χ1) is 9.93. The summed E-state index contributed by atoms with van der Waals surface area (Å²) in [6, 6.07) is 0.258. The van der Waals surface area contributed by atoms with Gasteiger partial charge < -0.3 is 9.84 Å². The van der Waals surface area contributed by atoms with Gasteiger partial charge in [0.15, 0.2) is 0 Å². The summed E-state index contributed by atoms with van der Waals surface area (Å²) in [5.41, 5.74) is 3.12. The van der Waals surface area contributed by atoms with Crippen LogP contribution in [0.25, 0.3) is 0 Å². The molecule has 1 aromatic heterocycles. The Morgan fingerprint density at radius 3 is 2.81 bits per heavy atom. The lowest BCUT2D eigenvalue weighted by molar-refractivity contribution is -0.144. The smallest absolute Gasteiger partial charge is 0.306 e. The molecule has 0 bridgehead atoms. The Bertz CT molecular complexity index is 530. The summed E-state index contributed by atoms with van der Waals surface area (Å²) >= 11 is 0. The molecule has 21 heavy (non-hydrogen) atoms. The summed E-state index contributed by atoms with van der Waals surface area (Å²) < 4.78 is 5.44. The summed E-state index contributed by atoms with van der Waals surface area (Å²) in [4.78, 5) is 17.9. The number of piperidine rings is 1. The molecule has 0 aliphatic carbocycles. The lowest BCUT2D eigenvalue weighted by atomic mass is 9.91. The second kappa shape index (κ2) is 6.43. The first-order valence-corrected chi connectivity index (χ1v) is 7.40. The van der Waals surface area contributed by atoms with E-state index in [1.807, 2.05) is 20.0 Å². The lowest BCUT2D eigenvalue weighted by Gasteiger charge is -2.36. The van der Waals surface area contributed by atoms with Crippen molar-refractivity contribution in [1.29, 1.82) is 0 Å². The van der Waals surface area contributed by atoms with E-state index in [1.165, 1.54) is 0 Å². The molecule has 1 aliphatic heterocycles. The Morgan fingerprint density at radius 2 is 2.24 bits per heavy atom. The Hall–Kier alpha value is -1.62. The number of methoxy groups -OCH3 is 1. The normalized spacial score (nSPS) is 23.0. The second-order valence-corrected chi connectivity index (χ2v) is 5.93. The first kappa shape index (κ1) is 15.8. The third-order valence-electron chi connectivity index (χ3n) is 4.47. The van der Waals surface area contributed by atoms with Crippen LogP contribution < -0.4 is 4.74 Å². The highest BCUT2D eigenvalue weighted by molar-refractivity contribution is 5.70. The highest BCUT2D eigenvalue weighted by Gasteiger charge is 2.30. The molecule has 0 radical (unpaired) electrons. The number of pyridine rings is 1. The molecular formula is C16H24N2O3. The van der Waals surface area contributed by atoms with E-state index >= 15 is 0 Å². The summed E-state index contributed by atoms with van der Waals surface area (Å²) in [5, 5.41) is 9.13. The zero-order valence-electron chi connectivity index (χ0n) is 13.2. The van der Waals surface area contributed by atoms with Gasteiger partial charge >= 0.3 is 5.97 Å². The van der Waals surface area contributed by atoms with Gasteiger partial charge in [-0.2, -0.15) is 0 Å². The summed E-state index contributed by atoms with van der Waals surface area (Å²) in [6.07, 6.45) is 3.26. The lowest BCUT2D eigenvalue weighted by Crippen LogP contribution is -2.42. The molecule has 0 saturated carbocycles. The molecule has 1 N–H and O–H groups in total. The van der Waals surface area contributed by atoms with E-state index in [0.29, 0.717) is 12.8 Å². The minimum atomic E-state index is -0.673. The number of aryl methyl sites for hydroxylation is 1. The van der Waals surface area contributed by atoms with E-state index in [4.69, 9.17) is 9.84 Å². The molecule has 1 aromatic rings.